The summed E-state index contributed by atoms with van der Waals surface area (Å²) in [6.07, 6.45) is -0.905. The Kier molecular flexibility index (Phi) is 5.32. The fourth-order valence-corrected chi connectivity index (χ4v) is 4.37. The lowest BCUT2D eigenvalue weighted by Gasteiger charge is -2.30. The molecule has 0 saturated heterocycles. The van der Waals surface area contributed by atoms with Gasteiger partial charge < -0.3 is 9.74 Å². The van der Waals surface area contributed by atoms with E-state index in [1.807, 2.05) is 24.3 Å². The zero-order valence-corrected chi connectivity index (χ0v) is 18.0. The highest BCUT2D eigenvalue weighted by molar-refractivity contribution is 6.35. The van der Waals surface area contributed by atoms with Crippen molar-refractivity contribution in [3.8, 4) is 11.1 Å². The number of oxime groups is 1. The van der Waals surface area contributed by atoms with Crippen LogP contribution < -0.4 is 4.90 Å². The van der Waals surface area contributed by atoms with Gasteiger partial charge in [-0.05, 0) is 60.4 Å². The van der Waals surface area contributed by atoms with Crippen LogP contribution >= 0.6 is 11.6 Å². The van der Waals surface area contributed by atoms with Crippen LogP contribution in [-0.4, -0.2) is 23.2 Å². The van der Waals surface area contributed by atoms with E-state index in [0.717, 1.165) is 54.2 Å². The number of pyridine rings is 1. The van der Waals surface area contributed by atoms with Crippen LogP contribution in [0, 0.1) is 0 Å². The first-order valence-electron chi connectivity index (χ1n) is 10.3. The number of carbonyl (C=O) groups is 1. The van der Waals surface area contributed by atoms with E-state index in [1.54, 1.807) is 6.20 Å². The molecule has 0 N–H and O–H groups in total. The molecule has 0 spiro atoms. The van der Waals surface area contributed by atoms with E-state index in [9.17, 15) is 18.0 Å². The van der Waals surface area contributed by atoms with Crippen LogP contribution in [0.5, 0.6) is 0 Å². The monoisotopic (exact) mass is 471 g/mol. The summed E-state index contributed by atoms with van der Waals surface area (Å²) in [5.74, 6) is 0.376. The van der Waals surface area contributed by atoms with Gasteiger partial charge in [-0.25, -0.2) is 9.78 Å². The molecule has 0 fully saturated rings. The third-order valence-electron chi connectivity index (χ3n) is 5.72. The summed E-state index contributed by atoms with van der Waals surface area (Å²) in [5.41, 5.74) is 3.77. The van der Waals surface area contributed by atoms with Gasteiger partial charge in [-0.3, -0.25) is 0 Å². The molecule has 0 aliphatic carbocycles. The SMILES string of the molecule is O=C1CC(c2ccc(N3CCCc4cc(-c5ccc(C(F)(F)F)cc5)cnc43)cc2Cl)=NO1. The van der Waals surface area contributed by atoms with Crippen molar-refractivity contribution in [2.45, 2.75) is 25.4 Å². The summed E-state index contributed by atoms with van der Waals surface area (Å²) in [6, 6.07) is 12.6. The topological polar surface area (TPSA) is 54.8 Å². The first-order chi connectivity index (χ1) is 15.8. The maximum atomic E-state index is 12.9. The number of benzene rings is 2. The zero-order valence-electron chi connectivity index (χ0n) is 17.2. The molecule has 5 nitrogen and oxygen atoms in total. The fraction of sp³-hybridized carbons (Fsp3) is 0.208. The molecule has 0 saturated carbocycles. The summed E-state index contributed by atoms with van der Waals surface area (Å²) >= 11 is 6.48. The van der Waals surface area contributed by atoms with Gasteiger partial charge in [0.15, 0.2) is 0 Å². The van der Waals surface area contributed by atoms with Gasteiger partial charge in [0.05, 0.1) is 17.0 Å². The predicted molar refractivity (Wildman–Crippen MR) is 119 cm³/mol. The number of halogens is 4. The molecule has 3 aromatic rings. The van der Waals surface area contributed by atoms with E-state index in [1.165, 1.54) is 12.1 Å². The van der Waals surface area contributed by atoms with E-state index in [4.69, 9.17) is 11.6 Å². The number of alkyl halides is 3. The Morgan fingerprint density at radius 2 is 1.82 bits per heavy atom. The number of fused-ring (bicyclic) bond motifs is 1. The fourth-order valence-electron chi connectivity index (χ4n) is 4.08. The Morgan fingerprint density at radius 3 is 2.48 bits per heavy atom. The Labute approximate surface area is 192 Å². The second-order valence-electron chi connectivity index (χ2n) is 7.88. The zero-order chi connectivity index (χ0) is 23.2. The molecule has 0 bridgehead atoms. The van der Waals surface area contributed by atoms with Crippen molar-refractivity contribution in [2.75, 3.05) is 11.4 Å². The van der Waals surface area contributed by atoms with Crippen LogP contribution in [-0.2, 0) is 22.2 Å². The van der Waals surface area contributed by atoms with E-state index in [0.29, 0.717) is 21.9 Å². The summed E-state index contributed by atoms with van der Waals surface area (Å²) in [5, 5.41) is 4.23. The highest BCUT2D eigenvalue weighted by Gasteiger charge is 2.30. The predicted octanol–water partition coefficient (Wildman–Crippen LogP) is 6.16. The average Bonchev–Trinajstić information content (AvgIpc) is 3.23. The first kappa shape index (κ1) is 21.5. The van der Waals surface area contributed by atoms with Crippen molar-refractivity contribution < 1.29 is 22.8 Å². The van der Waals surface area contributed by atoms with Crippen LogP contribution in [0.4, 0.5) is 24.7 Å². The number of anilines is 2. The third kappa shape index (κ3) is 4.18. The van der Waals surface area contributed by atoms with E-state index < -0.39 is 17.7 Å². The molecule has 2 aliphatic heterocycles. The molecule has 1 aromatic heterocycles. The highest BCUT2D eigenvalue weighted by Crippen LogP contribution is 2.37. The molecule has 2 aliphatic rings. The quantitative estimate of drug-likeness (QED) is 0.429. The molecule has 5 rings (SSSR count). The highest BCUT2D eigenvalue weighted by atomic mass is 35.5. The lowest BCUT2D eigenvalue weighted by molar-refractivity contribution is -0.140. The Hall–Kier alpha value is -3.39. The number of carbonyl (C=O) groups excluding carboxylic acids is 1. The minimum absolute atomic E-state index is 0.0832. The molecule has 0 atom stereocenters. The van der Waals surface area contributed by atoms with Crippen LogP contribution in [0.25, 0.3) is 11.1 Å². The standard InChI is InChI=1S/C24H17ClF3N3O2/c25-20-11-18(7-8-19(20)21-12-22(32)33-30-21)31-9-1-2-15-10-16(13-29-23(15)31)14-3-5-17(6-4-14)24(26,27)28/h3-8,10-11,13H,1-2,9,12H2. The average molecular weight is 472 g/mol. The van der Waals surface area contributed by atoms with Crippen LogP contribution in [0.3, 0.4) is 0 Å². The normalized spacial score (nSPS) is 15.8. The Balaban J connectivity index is 1.43. The smallest absolute Gasteiger partial charge is 0.326 e. The number of hydrogen-bond acceptors (Lipinski definition) is 5. The summed E-state index contributed by atoms with van der Waals surface area (Å²) in [7, 11) is 0. The molecule has 2 aromatic carbocycles. The number of aryl methyl sites for hydroxylation is 1. The number of aromatic nitrogens is 1. The summed E-state index contributed by atoms with van der Waals surface area (Å²) in [4.78, 5) is 22.7. The van der Waals surface area contributed by atoms with Gasteiger partial charge in [0.2, 0.25) is 0 Å². The molecule has 9 heteroatoms. The van der Waals surface area contributed by atoms with Crippen LogP contribution in [0.1, 0.15) is 29.5 Å². The van der Waals surface area contributed by atoms with E-state index in [2.05, 4.69) is 19.9 Å². The number of nitrogens with zero attached hydrogens (tertiary/aromatic N) is 3. The summed E-state index contributed by atoms with van der Waals surface area (Å²) < 4.78 is 38.6. The van der Waals surface area contributed by atoms with Gasteiger partial charge in [0.1, 0.15) is 11.5 Å². The molecule has 33 heavy (non-hydrogen) atoms. The van der Waals surface area contributed by atoms with Gasteiger partial charge in [0.25, 0.3) is 0 Å². The minimum atomic E-state index is -4.36. The molecule has 0 radical (unpaired) electrons. The van der Waals surface area contributed by atoms with E-state index >= 15 is 0 Å². The lowest BCUT2D eigenvalue weighted by atomic mass is 9.99. The molecule has 0 unspecified atom stereocenters. The van der Waals surface area contributed by atoms with Gasteiger partial charge in [-0.15, -0.1) is 0 Å². The molecular formula is C24H17ClF3N3O2. The van der Waals surface area contributed by atoms with Crippen molar-refractivity contribution in [1.29, 1.82) is 0 Å². The van der Waals surface area contributed by atoms with Gasteiger partial charge in [-0.2, -0.15) is 13.2 Å². The second-order valence-corrected chi connectivity index (χ2v) is 8.29. The van der Waals surface area contributed by atoms with Crippen molar-refractivity contribution in [2.24, 2.45) is 5.16 Å². The van der Waals surface area contributed by atoms with Gasteiger partial charge in [0, 0.05) is 29.6 Å². The van der Waals surface area contributed by atoms with Gasteiger partial charge in [-0.1, -0.05) is 28.9 Å². The number of hydrogen-bond donors (Lipinski definition) is 0. The maximum absolute atomic E-state index is 12.9. The molecule has 168 valence electrons. The van der Waals surface area contributed by atoms with Crippen molar-refractivity contribution in [1.82, 2.24) is 4.98 Å². The first-order valence-corrected chi connectivity index (χ1v) is 10.7. The second kappa shape index (κ2) is 8.19. The minimum Gasteiger partial charge on any atom is -0.326 e. The molecule has 0 amide bonds. The van der Waals surface area contributed by atoms with Gasteiger partial charge >= 0.3 is 12.1 Å². The van der Waals surface area contributed by atoms with Crippen LogP contribution in [0.2, 0.25) is 5.02 Å². The Bertz CT molecular complexity index is 1270. The van der Waals surface area contributed by atoms with Crippen molar-refractivity contribution in [3.63, 3.8) is 0 Å². The largest absolute Gasteiger partial charge is 0.416 e. The molecule has 3 heterocycles. The van der Waals surface area contributed by atoms with Crippen molar-refractivity contribution in [3.05, 3.63) is 76.4 Å². The molecular weight excluding hydrogens is 455 g/mol. The maximum Gasteiger partial charge on any atom is 0.416 e. The number of rotatable bonds is 3. The lowest BCUT2D eigenvalue weighted by Crippen LogP contribution is -2.25. The third-order valence-corrected chi connectivity index (χ3v) is 6.03. The summed E-state index contributed by atoms with van der Waals surface area (Å²) in [6.45, 7) is 0.748. The van der Waals surface area contributed by atoms with Crippen molar-refractivity contribution >= 4 is 34.8 Å². The Morgan fingerprint density at radius 1 is 1.03 bits per heavy atom. The van der Waals surface area contributed by atoms with Crippen LogP contribution in [0.15, 0.2) is 59.9 Å². The van der Waals surface area contributed by atoms with E-state index in [-0.39, 0.29) is 6.42 Å².